The van der Waals surface area contributed by atoms with E-state index in [1.54, 1.807) is 44.2 Å². The maximum atomic E-state index is 12.9. The fraction of sp³-hybridized carbons (Fsp3) is 0.300. The molecule has 0 saturated carbocycles. The number of carboxylic acid groups (broad SMARTS) is 1. The lowest BCUT2D eigenvalue weighted by Crippen LogP contribution is -2.14. The van der Waals surface area contributed by atoms with Gasteiger partial charge in [-0.3, -0.25) is 9.59 Å². The molecule has 2 heterocycles. The van der Waals surface area contributed by atoms with Crippen LogP contribution in [0.2, 0.25) is 0 Å². The number of carbonyl (C=O) groups is 2. The molecule has 0 radical (unpaired) electrons. The minimum absolute atomic E-state index is 0.117. The highest BCUT2D eigenvalue weighted by molar-refractivity contribution is 6.12. The number of nitrogens with one attached hydrogen (secondary N) is 1. The summed E-state index contributed by atoms with van der Waals surface area (Å²) in [5.74, 6) is -1.79. The first kappa shape index (κ1) is 18.6. The number of carboxylic acids is 1. The van der Waals surface area contributed by atoms with E-state index in [1.807, 2.05) is 13.8 Å². The summed E-state index contributed by atoms with van der Waals surface area (Å²) in [6.07, 6.45) is 0. The van der Waals surface area contributed by atoms with Gasteiger partial charge in [0.25, 0.3) is 11.6 Å². The van der Waals surface area contributed by atoms with Crippen molar-refractivity contribution < 1.29 is 19.2 Å². The molecule has 27 heavy (non-hydrogen) atoms. The van der Waals surface area contributed by atoms with E-state index in [-0.39, 0.29) is 11.8 Å². The van der Waals surface area contributed by atoms with Crippen molar-refractivity contribution in [2.75, 3.05) is 5.32 Å². The van der Waals surface area contributed by atoms with Crippen LogP contribution in [0.4, 0.5) is 5.69 Å². The molecule has 1 amide bonds. The van der Waals surface area contributed by atoms with E-state index in [9.17, 15) is 14.7 Å². The van der Waals surface area contributed by atoms with Crippen LogP contribution in [0.15, 0.2) is 34.9 Å². The number of amides is 1. The van der Waals surface area contributed by atoms with Crippen LogP contribution < -0.4 is 5.32 Å². The smallest absolute Gasteiger partial charge is 0.310 e. The Morgan fingerprint density at radius 2 is 1.93 bits per heavy atom. The van der Waals surface area contributed by atoms with Gasteiger partial charge in [0.05, 0.1) is 22.6 Å². The SMILES string of the molecule is Cc1noc2nc(C(C)C)cc(C(=O)Nc3cccc(C(C)C(=O)O)c3)c12. The van der Waals surface area contributed by atoms with Crippen molar-refractivity contribution in [1.82, 2.24) is 10.1 Å². The summed E-state index contributed by atoms with van der Waals surface area (Å²) in [6, 6.07) is 8.57. The number of hydrogen-bond acceptors (Lipinski definition) is 5. The Labute approximate surface area is 156 Å². The summed E-state index contributed by atoms with van der Waals surface area (Å²) in [7, 11) is 0. The predicted octanol–water partition coefficient (Wildman–Crippen LogP) is 4.10. The Kier molecular flexibility index (Phi) is 4.94. The van der Waals surface area contributed by atoms with E-state index in [4.69, 9.17) is 4.52 Å². The third kappa shape index (κ3) is 3.67. The van der Waals surface area contributed by atoms with Crippen LogP contribution in [0.3, 0.4) is 0 Å². The highest BCUT2D eigenvalue weighted by Gasteiger charge is 2.20. The second-order valence-electron chi connectivity index (χ2n) is 6.84. The number of aliphatic carboxylic acids is 1. The number of aromatic nitrogens is 2. The van der Waals surface area contributed by atoms with Gasteiger partial charge in [0.2, 0.25) is 0 Å². The summed E-state index contributed by atoms with van der Waals surface area (Å²) >= 11 is 0. The first-order chi connectivity index (χ1) is 12.8. The van der Waals surface area contributed by atoms with Gasteiger partial charge in [0.15, 0.2) is 0 Å². The molecule has 0 saturated heterocycles. The van der Waals surface area contributed by atoms with Crippen LogP contribution in [0, 0.1) is 6.92 Å². The van der Waals surface area contributed by atoms with Gasteiger partial charge in [-0.05, 0) is 43.5 Å². The first-order valence-corrected chi connectivity index (χ1v) is 8.69. The molecular weight excluding hydrogens is 346 g/mol. The number of fused-ring (bicyclic) bond motifs is 1. The molecule has 3 rings (SSSR count). The normalized spacial score (nSPS) is 12.3. The van der Waals surface area contributed by atoms with Crippen LogP contribution >= 0.6 is 0 Å². The minimum Gasteiger partial charge on any atom is -0.481 e. The molecule has 2 N–H and O–H groups in total. The molecule has 0 aliphatic carbocycles. The van der Waals surface area contributed by atoms with Crippen molar-refractivity contribution in [3.8, 4) is 0 Å². The quantitative estimate of drug-likeness (QED) is 0.703. The van der Waals surface area contributed by atoms with Gasteiger partial charge < -0.3 is 14.9 Å². The molecule has 0 fully saturated rings. The van der Waals surface area contributed by atoms with Gasteiger partial charge in [-0.15, -0.1) is 0 Å². The number of hydrogen-bond donors (Lipinski definition) is 2. The number of pyridine rings is 1. The molecule has 2 aromatic heterocycles. The molecular formula is C20H21N3O4. The monoisotopic (exact) mass is 367 g/mol. The number of rotatable bonds is 5. The number of anilines is 1. The van der Waals surface area contributed by atoms with Gasteiger partial charge in [-0.25, -0.2) is 4.98 Å². The summed E-state index contributed by atoms with van der Waals surface area (Å²) in [6.45, 7) is 7.32. The van der Waals surface area contributed by atoms with E-state index < -0.39 is 11.9 Å². The zero-order valence-electron chi connectivity index (χ0n) is 15.6. The van der Waals surface area contributed by atoms with Crippen LogP contribution in [-0.2, 0) is 4.79 Å². The van der Waals surface area contributed by atoms with E-state index in [0.717, 1.165) is 5.69 Å². The van der Waals surface area contributed by atoms with Crippen molar-refractivity contribution in [2.45, 2.75) is 39.5 Å². The largest absolute Gasteiger partial charge is 0.481 e. The summed E-state index contributed by atoms with van der Waals surface area (Å²) < 4.78 is 5.25. The lowest BCUT2D eigenvalue weighted by atomic mass is 10.0. The Hall–Kier alpha value is -3.22. The fourth-order valence-corrected chi connectivity index (χ4v) is 2.82. The van der Waals surface area contributed by atoms with E-state index in [1.165, 1.54) is 0 Å². The first-order valence-electron chi connectivity index (χ1n) is 8.69. The van der Waals surface area contributed by atoms with Gasteiger partial charge >= 0.3 is 5.97 Å². The maximum Gasteiger partial charge on any atom is 0.310 e. The third-order valence-electron chi connectivity index (χ3n) is 4.49. The minimum atomic E-state index is -0.920. The predicted molar refractivity (Wildman–Crippen MR) is 101 cm³/mol. The van der Waals surface area contributed by atoms with E-state index in [0.29, 0.717) is 33.6 Å². The molecule has 0 aliphatic heterocycles. The maximum absolute atomic E-state index is 12.9. The molecule has 0 spiro atoms. The third-order valence-corrected chi connectivity index (χ3v) is 4.49. The molecule has 3 aromatic rings. The Morgan fingerprint density at radius 1 is 1.19 bits per heavy atom. The average molecular weight is 367 g/mol. The molecule has 1 unspecified atom stereocenters. The molecule has 1 atom stereocenters. The molecule has 7 nitrogen and oxygen atoms in total. The standard InChI is InChI=1S/C20H21N3O4/c1-10(2)16-9-15(17-12(4)23-27-19(17)22-16)18(24)21-14-7-5-6-13(8-14)11(3)20(25)26/h5-11H,1-4H3,(H,21,24)(H,25,26). The van der Waals surface area contributed by atoms with Crippen LogP contribution in [0.25, 0.3) is 11.1 Å². The summed E-state index contributed by atoms with van der Waals surface area (Å²) in [4.78, 5) is 28.6. The van der Waals surface area contributed by atoms with Crippen LogP contribution in [0.1, 0.15) is 59.9 Å². The zero-order chi connectivity index (χ0) is 19.7. The Bertz CT molecular complexity index is 1020. The summed E-state index contributed by atoms with van der Waals surface area (Å²) in [5, 5.41) is 16.5. The van der Waals surface area contributed by atoms with Crippen LogP contribution in [0.5, 0.6) is 0 Å². The van der Waals surface area contributed by atoms with E-state index >= 15 is 0 Å². The van der Waals surface area contributed by atoms with Gasteiger partial charge in [-0.2, -0.15) is 0 Å². The molecule has 0 aliphatic rings. The Balaban J connectivity index is 1.98. The topological polar surface area (TPSA) is 105 Å². The molecule has 0 bridgehead atoms. The van der Waals surface area contributed by atoms with Crippen molar-refractivity contribution in [1.29, 1.82) is 0 Å². The average Bonchev–Trinajstić information content (AvgIpc) is 3.01. The van der Waals surface area contributed by atoms with Crippen LogP contribution in [-0.4, -0.2) is 27.1 Å². The van der Waals surface area contributed by atoms with Crippen molar-refractivity contribution in [3.05, 3.63) is 52.8 Å². The van der Waals surface area contributed by atoms with Crippen molar-refractivity contribution in [3.63, 3.8) is 0 Å². The lowest BCUT2D eigenvalue weighted by molar-refractivity contribution is -0.138. The van der Waals surface area contributed by atoms with Crippen molar-refractivity contribution in [2.24, 2.45) is 0 Å². The van der Waals surface area contributed by atoms with Gasteiger partial charge in [0, 0.05) is 11.4 Å². The van der Waals surface area contributed by atoms with Gasteiger partial charge in [-0.1, -0.05) is 31.1 Å². The highest BCUT2D eigenvalue weighted by atomic mass is 16.5. The lowest BCUT2D eigenvalue weighted by Gasteiger charge is -2.12. The number of benzene rings is 1. The van der Waals surface area contributed by atoms with Gasteiger partial charge in [0.1, 0.15) is 0 Å². The van der Waals surface area contributed by atoms with E-state index in [2.05, 4.69) is 15.5 Å². The number of carbonyl (C=O) groups excluding carboxylic acids is 1. The Morgan fingerprint density at radius 3 is 2.59 bits per heavy atom. The highest BCUT2D eigenvalue weighted by Crippen LogP contribution is 2.26. The molecule has 1 aromatic carbocycles. The van der Waals surface area contributed by atoms with Crippen molar-refractivity contribution >= 4 is 28.7 Å². The molecule has 7 heteroatoms. The fourth-order valence-electron chi connectivity index (χ4n) is 2.82. The number of aryl methyl sites for hydroxylation is 1. The summed E-state index contributed by atoms with van der Waals surface area (Å²) in [5.41, 5.74) is 3.22. The second kappa shape index (κ2) is 7.19. The second-order valence-corrected chi connectivity index (χ2v) is 6.84. The zero-order valence-corrected chi connectivity index (χ0v) is 15.6. The molecule has 140 valence electrons. The number of nitrogens with zero attached hydrogens (tertiary/aromatic N) is 2.